The number of aliphatic hydroxyl groups is 1. The molecule has 1 aromatic heterocycles. The number of methoxy groups -OCH3 is 3. The maximum atomic E-state index is 13.5. The first-order valence-electron chi connectivity index (χ1n) is 12.1. The van der Waals surface area contributed by atoms with Crippen LogP contribution < -0.4 is 19.1 Å². The summed E-state index contributed by atoms with van der Waals surface area (Å²) < 4.78 is 21.3. The van der Waals surface area contributed by atoms with Gasteiger partial charge in [0.2, 0.25) is 0 Å². The normalized spacial score (nSPS) is 16.3. The monoisotopic (exact) mass is 552 g/mol. The van der Waals surface area contributed by atoms with Crippen LogP contribution in [0.3, 0.4) is 0 Å². The minimum absolute atomic E-state index is 0.0974. The lowest BCUT2D eigenvalue weighted by atomic mass is 9.94. The molecule has 3 aromatic rings. The number of anilines is 1. The number of carbonyl (C=O) groups is 3. The summed E-state index contributed by atoms with van der Waals surface area (Å²) in [4.78, 5) is 45.0. The lowest BCUT2D eigenvalue weighted by Crippen LogP contribution is -2.29. The topological polar surface area (TPSA) is 124 Å². The molecule has 1 saturated heterocycles. The SMILES string of the molecule is CCCOc1ccc(/C(O)=C2\C(=O)C(=O)N(c3nc(C)c(C(=O)OC)s3)C2c2ccc(OC)cc2OC)cc1. The van der Waals surface area contributed by atoms with Gasteiger partial charge in [-0.15, -0.1) is 0 Å². The zero-order valence-electron chi connectivity index (χ0n) is 22.1. The molecule has 4 rings (SSSR count). The van der Waals surface area contributed by atoms with Gasteiger partial charge in [0.1, 0.15) is 33.9 Å². The molecule has 39 heavy (non-hydrogen) atoms. The highest BCUT2D eigenvalue weighted by Gasteiger charge is 2.49. The van der Waals surface area contributed by atoms with Crippen molar-refractivity contribution in [3.8, 4) is 17.2 Å². The Kier molecular flexibility index (Phi) is 8.20. The summed E-state index contributed by atoms with van der Waals surface area (Å²) in [5.74, 6) is -1.38. The third-order valence-corrected chi connectivity index (χ3v) is 7.28. The smallest absolute Gasteiger partial charge is 0.350 e. The number of hydrogen-bond donors (Lipinski definition) is 1. The van der Waals surface area contributed by atoms with E-state index in [1.807, 2.05) is 6.92 Å². The van der Waals surface area contributed by atoms with E-state index in [0.29, 0.717) is 40.7 Å². The quantitative estimate of drug-likeness (QED) is 0.174. The number of rotatable bonds is 9. The molecule has 2 heterocycles. The summed E-state index contributed by atoms with van der Waals surface area (Å²) in [5.41, 5.74) is 0.916. The van der Waals surface area contributed by atoms with E-state index in [2.05, 4.69) is 4.98 Å². The number of aromatic nitrogens is 1. The van der Waals surface area contributed by atoms with Crippen LogP contribution >= 0.6 is 11.3 Å². The van der Waals surface area contributed by atoms with Gasteiger partial charge in [-0.3, -0.25) is 14.5 Å². The number of aliphatic hydroxyl groups excluding tert-OH is 1. The van der Waals surface area contributed by atoms with Gasteiger partial charge in [0.15, 0.2) is 5.13 Å². The van der Waals surface area contributed by atoms with Gasteiger partial charge in [0, 0.05) is 17.2 Å². The Morgan fingerprint density at radius 2 is 1.74 bits per heavy atom. The summed E-state index contributed by atoms with van der Waals surface area (Å²) in [5, 5.41) is 11.5. The molecule has 204 valence electrons. The van der Waals surface area contributed by atoms with Gasteiger partial charge in [-0.05, 0) is 49.7 Å². The average Bonchev–Trinajstić information content (AvgIpc) is 3.46. The van der Waals surface area contributed by atoms with Crippen molar-refractivity contribution in [3.63, 3.8) is 0 Å². The number of ketones is 1. The zero-order chi connectivity index (χ0) is 28.3. The van der Waals surface area contributed by atoms with Crippen LogP contribution in [0.2, 0.25) is 0 Å². The van der Waals surface area contributed by atoms with E-state index in [-0.39, 0.29) is 21.3 Å². The molecule has 0 radical (unpaired) electrons. The van der Waals surface area contributed by atoms with Crippen LogP contribution in [0.4, 0.5) is 5.13 Å². The van der Waals surface area contributed by atoms with E-state index in [1.165, 1.54) is 26.2 Å². The van der Waals surface area contributed by atoms with Crippen LogP contribution in [-0.2, 0) is 14.3 Å². The molecular weight excluding hydrogens is 524 g/mol. The third-order valence-electron chi connectivity index (χ3n) is 6.14. The largest absolute Gasteiger partial charge is 0.507 e. The second kappa shape index (κ2) is 11.6. The fraction of sp³-hybridized carbons (Fsp3) is 0.286. The summed E-state index contributed by atoms with van der Waals surface area (Å²) in [6.07, 6.45) is 0.836. The number of aryl methyl sites for hydroxylation is 1. The average molecular weight is 553 g/mol. The molecule has 1 aliphatic rings. The first-order valence-corrected chi connectivity index (χ1v) is 12.9. The molecular formula is C28H28N2O8S. The van der Waals surface area contributed by atoms with Crippen molar-refractivity contribution in [3.05, 3.63) is 69.7 Å². The molecule has 1 atom stereocenters. The van der Waals surface area contributed by atoms with Crippen molar-refractivity contribution in [2.75, 3.05) is 32.8 Å². The standard InChI is InChI=1S/C28H28N2O8S/c1-6-13-38-17-9-7-16(8-10-17)23(31)21-22(19-12-11-18(35-3)14-20(19)36-4)30(26(33)24(21)32)28-29-15(2)25(39-28)27(34)37-5/h7-12,14,22,31H,6,13H2,1-5H3/b23-21+. The molecule has 1 aliphatic heterocycles. The number of thiazole rings is 1. The van der Waals surface area contributed by atoms with Crippen molar-refractivity contribution in [2.24, 2.45) is 0 Å². The van der Waals surface area contributed by atoms with Crippen molar-refractivity contribution in [1.82, 2.24) is 4.98 Å². The third kappa shape index (κ3) is 5.17. The minimum atomic E-state index is -1.11. The maximum absolute atomic E-state index is 13.5. The second-order valence-electron chi connectivity index (χ2n) is 8.55. The van der Waals surface area contributed by atoms with Gasteiger partial charge in [-0.2, -0.15) is 0 Å². The van der Waals surface area contributed by atoms with Crippen molar-refractivity contribution >= 4 is 39.9 Å². The molecule has 11 heteroatoms. The van der Waals surface area contributed by atoms with Crippen molar-refractivity contribution < 1.29 is 38.4 Å². The minimum Gasteiger partial charge on any atom is -0.507 e. The van der Waals surface area contributed by atoms with E-state index in [9.17, 15) is 19.5 Å². The zero-order valence-corrected chi connectivity index (χ0v) is 23.0. The van der Waals surface area contributed by atoms with Crippen LogP contribution in [0.1, 0.15) is 45.9 Å². The Bertz CT molecular complexity index is 1440. The van der Waals surface area contributed by atoms with E-state index in [0.717, 1.165) is 17.8 Å². The van der Waals surface area contributed by atoms with Gasteiger partial charge < -0.3 is 24.1 Å². The Labute approximate surface area is 229 Å². The van der Waals surface area contributed by atoms with Gasteiger partial charge in [0.25, 0.3) is 5.78 Å². The number of Topliss-reactive ketones (excluding diaryl/α,β-unsaturated/α-hetero) is 1. The predicted octanol–water partition coefficient (Wildman–Crippen LogP) is 4.67. The molecule has 10 nitrogen and oxygen atoms in total. The van der Waals surface area contributed by atoms with E-state index in [4.69, 9.17) is 18.9 Å². The number of ether oxygens (including phenoxy) is 4. The van der Waals surface area contributed by atoms with Crippen molar-refractivity contribution in [2.45, 2.75) is 26.3 Å². The highest BCUT2D eigenvalue weighted by Crippen LogP contribution is 2.47. The van der Waals surface area contributed by atoms with Crippen LogP contribution in [-0.4, -0.2) is 55.7 Å². The number of esters is 1. The van der Waals surface area contributed by atoms with Crippen LogP contribution in [0.15, 0.2) is 48.0 Å². The molecule has 0 aliphatic carbocycles. The fourth-order valence-electron chi connectivity index (χ4n) is 4.22. The van der Waals surface area contributed by atoms with Gasteiger partial charge >= 0.3 is 11.9 Å². The molecule has 1 fully saturated rings. The molecule has 0 saturated carbocycles. The number of benzene rings is 2. The molecule has 1 amide bonds. The Morgan fingerprint density at radius 3 is 2.36 bits per heavy atom. The highest BCUT2D eigenvalue weighted by molar-refractivity contribution is 7.17. The summed E-state index contributed by atoms with van der Waals surface area (Å²) in [6, 6.07) is 10.4. The molecule has 0 bridgehead atoms. The maximum Gasteiger partial charge on any atom is 0.350 e. The summed E-state index contributed by atoms with van der Waals surface area (Å²) in [7, 11) is 4.19. The van der Waals surface area contributed by atoms with Gasteiger partial charge in [-0.1, -0.05) is 18.3 Å². The molecule has 1 N–H and O–H groups in total. The van der Waals surface area contributed by atoms with E-state index >= 15 is 0 Å². The lowest BCUT2D eigenvalue weighted by Gasteiger charge is -2.24. The number of nitrogens with zero attached hydrogens (tertiary/aromatic N) is 2. The first kappa shape index (κ1) is 27.6. The van der Waals surface area contributed by atoms with E-state index in [1.54, 1.807) is 49.4 Å². The fourth-order valence-corrected chi connectivity index (χ4v) is 5.23. The molecule has 2 aromatic carbocycles. The second-order valence-corrected chi connectivity index (χ2v) is 9.53. The lowest BCUT2D eigenvalue weighted by molar-refractivity contribution is -0.132. The van der Waals surface area contributed by atoms with Crippen molar-refractivity contribution in [1.29, 1.82) is 0 Å². The van der Waals surface area contributed by atoms with E-state index < -0.39 is 23.7 Å². The predicted molar refractivity (Wildman–Crippen MR) is 145 cm³/mol. The molecule has 1 unspecified atom stereocenters. The van der Waals surface area contributed by atoms with Gasteiger partial charge in [0.05, 0.1) is 39.2 Å². The summed E-state index contributed by atoms with van der Waals surface area (Å²) in [6.45, 7) is 4.13. The first-order chi connectivity index (χ1) is 18.7. The number of hydrogen-bond acceptors (Lipinski definition) is 10. The Hall–Kier alpha value is -4.38. The van der Waals surface area contributed by atoms with Crippen LogP contribution in [0, 0.1) is 6.92 Å². The molecule has 0 spiro atoms. The number of amides is 1. The van der Waals surface area contributed by atoms with Gasteiger partial charge in [-0.25, -0.2) is 9.78 Å². The van der Waals surface area contributed by atoms with Crippen LogP contribution in [0.5, 0.6) is 17.2 Å². The summed E-state index contributed by atoms with van der Waals surface area (Å²) >= 11 is 0.915. The Balaban J connectivity index is 1.92. The highest BCUT2D eigenvalue weighted by atomic mass is 32.1. The Morgan fingerprint density at radius 1 is 1.05 bits per heavy atom. The number of carbonyl (C=O) groups excluding carboxylic acids is 3. The van der Waals surface area contributed by atoms with Crippen LogP contribution in [0.25, 0.3) is 5.76 Å².